The first-order valence-corrected chi connectivity index (χ1v) is 18.9. The van der Waals surface area contributed by atoms with Crippen molar-refractivity contribution in [3.05, 3.63) is 60.4 Å². The highest BCUT2D eigenvalue weighted by Crippen LogP contribution is 2.53. The molecule has 2 spiro atoms. The van der Waals surface area contributed by atoms with Gasteiger partial charge >= 0.3 is 0 Å². The molecular formula is C40H47FN8O2. The van der Waals surface area contributed by atoms with E-state index in [0.717, 1.165) is 40.7 Å². The summed E-state index contributed by atoms with van der Waals surface area (Å²) in [4.78, 5) is 47.6. The van der Waals surface area contributed by atoms with Crippen molar-refractivity contribution >= 4 is 40.0 Å². The molecule has 3 aromatic heterocycles. The van der Waals surface area contributed by atoms with Crippen molar-refractivity contribution in [3.8, 4) is 11.3 Å². The lowest BCUT2D eigenvalue weighted by atomic mass is 9.63. The van der Waals surface area contributed by atoms with Gasteiger partial charge in [0.25, 0.3) is 0 Å². The Morgan fingerprint density at radius 1 is 1.00 bits per heavy atom. The Hall–Kier alpha value is -4.38. The summed E-state index contributed by atoms with van der Waals surface area (Å²) in [6.45, 7) is 9.31. The molecule has 0 atom stereocenters. The van der Waals surface area contributed by atoms with Crippen LogP contribution in [0.2, 0.25) is 0 Å². The quantitative estimate of drug-likeness (QED) is 0.233. The van der Waals surface area contributed by atoms with Gasteiger partial charge < -0.3 is 19.7 Å². The van der Waals surface area contributed by atoms with Gasteiger partial charge in [-0.2, -0.15) is 0 Å². The lowest BCUT2D eigenvalue weighted by Crippen LogP contribution is -2.60. The van der Waals surface area contributed by atoms with E-state index < -0.39 is 11.2 Å². The molecule has 2 aliphatic carbocycles. The molecule has 4 fully saturated rings. The van der Waals surface area contributed by atoms with E-state index in [4.69, 9.17) is 9.97 Å². The lowest BCUT2D eigenvalue weighted by molar-refractivity contribution is -0.134. The summed E-state index contributed by atoms with van der Waals surface area (Å²) < 4.78 is 16.9. The van der Waals surface area contributed by atoms with Gasteiger partial charge in [0.1, 0.15) is 5.52 Å². The van der Waals surface area contributed by atoms with Gasteiger partial charge in [-0.25, -0.2) is 14.4 Å². The molecule has 1 N–H and O–H groups in total. The van der Waals surface area contributed by atoms with E-state index >= 15 is 0 Å². The minimum absolute atomic E-state index is 0.0627. The molecule has 0 bridgehead atoms. The Morgan fingerprint density at radius 2 is 1.78 bits per heavy atom. The molecule has 11 heteroatoms. The van der Waals surface area contributed by atoms with Crippen LogP contribution in [0.1, 0.15) is 90.2 Å². The zero-order valence-corrected chi connectivity index (χ0v) is 29.9. The zero-order valence-electron chi connectivity index (χ0n) is 29.9. The van der Waals surface area contributed by atoms with Gasteiger partial charge in [-0.15, -0.1) is 0 Å². The number of benzene rings is 1. The Morgan fingerprint density at radius 3 is 2.49 bits per heavy atom. The van der Waals surface area contributed by atoms with E-state index in [1.807, 2.05) is 15.5 Å². The molecular weight excluding hydrogens is 643 g/mol. The number of nitrogens with one attached hydrogen (secondary N) is 1. The van der Waals surface area contributed by atoms with E-state index in [1.165, 1.54) is 51.4 Å². The summed E-state index contributed by atoms with van der Waals surface area (Å²) in [6, 6.07) is 10.7. The van der Waals surface area contributed by atoms with Crippen LogP contribution in [0.5, 0.6) is 0 Å². The minimum atomic E-state index is -0.634. The number of rotatable bonds is 6. The second-order valence-electron chi connectivity index (χ2n) is 16.2. The van der Waals surface area contributed by atoms with Gasteiger partial charge in [0.2, 0.25) is 11.8 Å². The second-order valence-corrected chi connectivity index (χ2v) is 16.2. The Labute approximate surface area is 298 Å². The molecule has 9 rings (SSSR count). The van der Waals surface area contributed by atoms with Crippen LogP contribution in [-0.4, -0.2) is 79.4 Å². The normalized spacial score (nSPS) is 23.9. The number of halogens is 1. The molecule has 2 amide bonds. The number of pyridine rings is 2. The predicted molar refractivity (Wildman–Crippen MR) is 195 cm³/mol. The van der Waals surface area contributed by atoms with Crippen molar-refractivity contribution in [2.24, 2.45) is 5.41 Å². The van der Waals surface area contributed by atoms with Crippen LogP contribution in [0.25, 0.3) is 22.3 Å². The van der Waals surface area contributed by atoms with Gasteiger partial charge in [0, 0.05) is 62.1 Å². The first kappa shape index (κ1) is 32.5. The maximum atomic E-state index is 14.8. The molecule has 6 heterocycles. The number of amides is 2. The minimum Gasteiger partial charge on any atom is -0.343 e. The molecule has 2 saturated carbocycles. The van der Waals surface area contributed by atoms with Gasteiger partial charge in [0.05, 0.1) is 34.8 Å². The van der Waals surface area contributed by atoms with Gasteiger partial charge in [0.15, 0.2) is 11.6 Å². The molecule has 4 aromatic rings. The third-order valence-electron chi connectivity index (χ3n) is 13.0. The van der Waals surface area contributed by atoms with E-state index in [9.17, 15) is 14.0 Å². The SMILES string of the molecule is CC(=O)N1CCC2(CC1)C(=O)N(C1CC(N3CCCC4(CCC4)C3)C1)c1cc(-c3cc4ncn(C(C)C)c4c(Nc4ccncc4F)n3)ccc12. The highest BCUT2D eigenvalue weighted by atomic mass is 19.1. The Balaban J connectivity index is 1.08. The van der Waals surface area contributed by atoms with E-state index in [2.05, 4.69) is 52.1 Å². The van der Waals surface area contributed by atoms with Crippen LogP contribution in [-0.2, 0) is 15.0 Å². The number of hydrogen-bond acceptors (Lipinski definition) is 7. The number of imidazole rings is 1. The topological polar surface area (TPSA) is 99.5 Å². The largest absolute Gasteiger partial charge is 0.343 e. The summed E-state index contributed by atoms with van der Waals surface area (Å²) in [5.41, 5.74) is 5.34. The van der Waals surface area contributed by atoms with Crippen LogP contribution in [0.3, 0.4) is 0 Å². The van der Waals surface area contributed by atoms with E-state index in [-0.39, 0.29) is 29.6 Å². The van der Waals surface area contributed by atoms with Gasteiger partial charge in [-0.1, -0.05) is 18.6 Å². The van der Waals surface area contributed by atoms with Crippen molar-refractivity contribution in [2.45, 2.75) is 102 Å². The third-order valence-corrected chi connectivity index (χ3v) is 13.0. The molecule has 5 aliphatic rings. The van der Waals surface area contributed by atoms with Crippen LogP contribution in [0, 0.1) is 11.2 Å². The fourth-order valence-corrected chi connectivity index (χ4v) is 9.80. The van der Waals surface area contributed by atoms with Crippen molar-refractivity contribution in [1.29, 1.82) is 0 Å². The van der Waals surface area contributed by atoms with Gasteiger partial charge in [-0.3, -0.25) is 19.5 Å². The van der Waals surface area contributed by atoms with Crippen LogP contribution in [0.4, 0.5) is 21.6 Å². The number of nitrogens with zero attached hydrogens (tertiary/aromatic N) is 7. The maximum Gasteiger partial charge on any atom is 0.238 e. The van der Waals surface area contributed by atoms with Crippen molar-refractivity contribution in [1.82, 2.24) is 29.3 Å². The van der Waals surface area contributed by atoms with Crippen molar-refractivity contribution in [3.63, 3.8) is 0 Å². The molecule has 0 radical (unpaired) electrons. The molecule has 2 saturated heterocycles. The fourth-order valence-electron chi connectivity index (χ4n) is 9.80. The first-order chi connectivity index (χ1) is 24.6. The van der Waals surface area contributed by atoms with E-state index in [1.54, 1.807) is 25.5 Å². The van der Waals surface area contributed by atoms with Crippen LogP contribution < -0.4 is 10.2 Å². The number of likely N-dealkylation sites (tertiary alicyclic amines) is 2. The third kappa shape index (κ3) is 5.25. The summed E-state index contributed by atoms with van der Waals surface area (Å²) >= 11 is 0. The highest BCUT2D eigenvalue weighted by Gasteiger charge is 2.56. The number of hydrogen-bond donors (Lipinski definition) is 1. The summed E-state index contributed by atoms with van der Waals surface area (Å²) in [6.07, 6.45) is 14.5. The molecule has 1 aromatic carbocycles. The van der Waals surface area contributed by atoms with E-state index in [0.29, 0.717) is 48.9 Å². The monoisotopic (exact) mass is 690 g/mol. The molecule has 266 valence electrons. The number of anilines is 3. The fraction of sp³-hybridized carbons (Fsp3) is 0.525. The Kier molecular flexibility index (Phi) is 7.72. The first-order valence-electron chi connectivity index (χ1n) is 18.9. The number of carbonyl (C=O) groups is 2. The number of aromatic nitrogens is 4. The highest BCUT2D eigenvalue weighted by molar-refractivity contribution is 6.09. The molecule has 0 unspecified atom stereocenters. The Bertz CT molecular complexity index is 2020. The van der Waals surface area contributed by atoms with Crippen LogP contribution in [0.15, 0.2) is 49.1 Å². The second kappa shape index (κ2) is 12.1. The summed E-state index contributed by atoms with van der Waals surface area (Å²) in [5.74, 6) is 0.290. The standard InChI is InChI=1S/C40H47FN8O2/c1-25(2)48-24-43-34-21-33(45-37(36(34)48)44-32-8-14-42-22-31(32)41)27-6-7-30-35(18-27)49(38(51)40(30)12-16-46(17-13-40)26(3)50)29-19-28(20-29)47-15-5-11-39(23-47)9-4-10-39/h6-8,14,18,21-22,24-25,28-29H,4-5,9-13,15-17,19-20,23H2,1-3H3,(H,42,44,45). The zero-order chi connectivity index (χ0) is 35.1. The average Bonchev–Trinajstić information content (AvgIpc) is 3.63. The van der Waals surface area contributed by atoms with Gasteiger partial charge in [-0.05, 0) is 101 Å². The van der Waals surface area contributed by atoms with Crippen molar-refractivity contribution in [2.75, 3.05) is 36.4 Å². The summed E-state index contributed by atoms with van der Waals surface area (Å²) in [5, 5.41) is 3.23. The maximum absolute atomic E-state index is 14.8. The number of piperidine rings is 2. The van der Waals surface area contributed by atoms with Crippen molar-refractivity contribution < 1.29 is 14.0 Å². The molecule has 10 nitrogen and oxygen atoms in total. The summed E-state index contributed by atoms with van der Waals surface area (Å²) in [7, 11) is 0. The molecule has 3 aliphatic heterocycles. The smallest absolute Gasteiger partial charge is 0.238 e. The molecule has 51 heavy (non-hydrogen) atoms. The predicted octanol–water partition coefficient (Wildman–Crippen LogP) is 6.98. The number of carbonyl (C=O) groups excluding carboxylic acids is 2. The average molecular weight is 691 g/mol. The van der Waals surface area contributed by atoms with Crippen LogP contribution >= 0.6 is 0 Å². The lowest BCUT2D eigenvalue weighted by Gasteiger charge is -2.54. The number of fused-ring (bicyclic) bond motifs is 3.